The van der Waals surface area contributed by atoms with Crippen molar-refractivity contribution in [1.82, 2.24) is 14.9 Å². The van der Waals surface area contributed by atoms with Crippen molar-refractivity contribution < 1.29 is 14.3 Å². The van der Waals surface area contributed by atoms with Crippen LogP contribution in [0.4, 0.5) is 5.69 Å². The SMILES string of the molecule is COc1ccccc1N1C(=O)[C@@H]2[C@@H](C(C)C)N[C@]3(c4ccccc4-n4c3nc3ccccc3c4=O)[C@H]2C1=O. The minimum Gasteiger partial charge on any atom is -0.495 e. The van der Waals surface area contributed by atoms with E-state index in [0.29, 0.717) is 33.9 Å². The summed E-state index contributed by atoms with van der Waals surface area (Å²) in [5.41, 5.74) is 1.09. The second kappa shape index (κ2) is 7.85. The number of hydrogen-bond acceptors (Lipinski definition) is 6. The Morgan fingerprint density at radius 3 is 2.34 bits per heavy atom. The van der Waals surface area contributed by atoms with Gasteiger partial charge in [-0.25, -0.2) is 9.88 Å². The number of carbonyl (C=O) groups is 2. The second-order valence-electron chi connectivity index (χ2n) is 10.5. The van der Waals surface area contributed by atoms with Gasteiger partial charge in [-0.2, -0.15) is 0 Å². The van der Waals surface area contributed by atoms with Gasteiger partial charge in [-0.1, -0.05) is 56.3 Å². The predicted molar refractivity (Wildman–Crippen MR) is 142 cm³/mol. The Balaban J connectivity index is 1.54. The van der Waals surface area contributed by atoms with Crippen molar-refractivity contribution in [3.8, 4) is 11.4 Å². The second-order valence-corrected chi connectivity index (χ2v) is 10.5. The van der Waals surface area contributed by atoms with Gasteiger partial charge in [-0.05, 0) is 36.2 Å². The summed E-state index contributed by atoms with van der Waals surface area (Å²) in [7, 11) is 1.52. The molecule has 1 aromatic heterocycles. The topological polar surface area (TPSA) is 93.5 Å². The summed E-state index contributed by atoms with van der Waals surface area (Å²) in [6.45, 7) is 4.08. The number of nitrogens with one attached hydrogen (secondary N) is 1. The van der Waals surface area contributed by atoms with E-state index in [1.165, 1.54) is 12.0 Å². The average Bonchev–Trinajstić information content (AvgIpc) is 3.52. The van der Waals surface area contributed by atoms with Crippen molar-refractivity contribution >= 4 is 28.4 Å². The summed E-state index contributed by atoms with van der Waals surface area (Å²) >= 11 is 0. The molecule has 3 aliphatic rings. The zero-order valence-electron chi connectivity index (χ0n) is 21.2. The van der Waals surface area contributed by atoms with Crippen LogP contribution in [-0.4, -0.2) is 34.5 Å². The molecule has 4 atom stereocenters. The maximum atomic E-state index is 14.5. The van der Waals surface area contributed by atoms with Crippen LogP contribution in [0, 0.1) is 17.8 Å². The van der Waals surface area contributed by atoms with Crippen molar-refractivity contribution in [1.29, 1.82) is 0 Å². The van der Waals surface area contributed by atoms with E-state index in [0.717, 1.165) is 5.56 Å². The fourth-order valence-corrected chi connectivity index (χ4v) is 6.78. The highest BCUT2D eigenvalue weighted by atomic mass is 16.5. The van der Waals surface area contributed by atoms with Crippen molar-refractivity contribution in [3.05, 3.63) is 94.5 Å². The molecule has 1 N–H and O–H groups in total. The highest BCUT2D eigenvalue weighted by molar-refractivity contribution is 6.24. The molecular weight excluding hydrogens is 480 g/mol. The number of methoxy groups -OCH3 is 1. The van der Waals surface area contributed by atoms with E-state index in [2.05, 4.69) is 5.32 Å². The van der Waals surface area contributed by atoms with E-state index in [1.54, 1.807) is 34.9 Å². The Labute approximate surface area is 218 Å². The van der Waals surface area contributed by atoms with E-state index in [-0.39, 0.29) is 29.3 Å². The van der Waals surface area contributed by atoms with Crippen LogP contribution in [0.15, 0.2) is 77.6 Å². The first kappa shape index (κ1) is 22.9. The van der Waals surface area contributed by atoms with Crippen LogP contribution in [0.3, 0.4) is 0 Å². The van der Waals surface area contributed by atoms with Crippen LogP contribution < -0.4 is 20.5 Å². The lowest BCUT2D eigenvalue weighted by atomic mass is 9.75. The van der Waals surface area contributed by atoms with E-state index in [1.807, 2.05) is 56.3 Å². The number of carbonyl (C=O) groups excluding carboxylic acids is 2. The predicted octanol–water partition coefficient (Wildman–Crippen LogP) is 3.38. The first-order chi connectivity index (χ1) is 18.4. The van der Waals surface area contributed by atoms with Gasteiger partial charge in [0, 0.05) is 11.6 Å². The number of hydrogen-bond donors (Lipinski definition) is 1. The molecule has 0 radical (unpaired) electrons. The molecule has 4 heterocycles. The molecule has 2 saturated heterocycles. The molecule has 0 bridgehead atoms. The number of anilines is 1. The first-order valence-corrected chi connectivity index (χ1v) is 12.8. The molecule has 2 fully saturated rings. The van der Waals surface area contributed by atoms with E-state index >= 15 is 0 Å². The summed E-state index contributed by atoms with van der Waals surface area (Å²) in [4.78, 5) is 48.7. The van der Waals surface area contributed by atoms with Crippen LogP contribution in [0.1, 0.15) is 25.2 Å². The molecule has 0 unspecified atom stereocenters. The van der Waals surface area contributed by atoms with Crippen molar-refractivity contribution in [2.75, 3.05) is 12.0 Å². The van der Waals surface area contributed by atoms with E-state index < -0.39 is 17.4 Å². The maximum Gasteiger partial charge on any atom is 0.266 e. The Morgan fingerprint density at radius 2 is 1.58 bits per heavy atom. The normalized spacial score (nSPS) is 25.4. The van der Waals surface area contributed by atoms with Crippen LogP contribution in [0.5, 0.6) is 5.75 Å². The largest absolute Gasteiger partial charge is 0.495 e. The molecule has 2 amide bonds. The third kappa shape index (κ3) is 2.67. The Morgan fingerprint density at radius 1 is 0.895 bits per heavy atom. The van der Waals surface area contributed by atoms with Gasteiger partial charge < -0.3 is 4.74 Å². The standard InChI is InChI=1S/C30H26N4O4/c1-16(2)25-23-24(28(37)33(27(23)36)21-14-8-9-15-22(21)38-3)30(32-25)18-11-5-7-13-20(18)34-26(35)17-10-4-6-12-19(17)31-29(30)34/h4-16,23-25,32H,1-3H3/t23-,24+,25+,30+/m0/s1. The van der Waals surface area contributed by atoms with Crippen molar-refractivity contribution in [2.45, 2.75) is 25.4 Å². The number of aromatic nitrogens is 2. The van der Waals surface area contributed by atoms with Crippen molar-refractivity contribution in [3.63, 3.8) is 0 Å². The Bertz CT molecular complexity index is 1730. The minimum atomic E-state index is -1.15. The third-order valence-electron chi connectivity index (χ3n) is 8.34. The molecule has 3 aliphatic heterocycles. The lowest BCUT2D eigenvalue weighted by Crippen LogP contribution is -2.51. The highest BCUT2D eigenvalue weighted by Crippen LogP contribution is 2.56. The number of amides is 2. The highest BCUT2D eigenvalue weighted by Gasteiger charge is 2.70. The fourth-order valence-electron chi connectivity index (χ4n) is 6.78. The van der Waals surface area contributed by atoms with Gasteiger partial charge in [-0.3, -0.25) is 24.3 Å². The monoisotopic (exact) mass is 506 g/mol. The zero-order valence-corrected chi connectivity index (χ0v) is 21.2. The summed E-state index contributed by atoms with van der Waals surface area (Å²) in [5.74, 6) is -1.11. The van der Waals surface area contributed by atoms with Gasteiger partial charge in [0.1, 0.15) is 17.1 Å². The maximum absolute atomic E-state index is 14.5. The Kier molecular flexibility index (Phi) is 4.72. The van der Waals surface area contributed by atoms with Gasteiger partial charge in [-0.15, -0.1) is 0 Å². The summed E-state index contributed by atoms with van der Waals surface area (Å²) in [6.07, 6.45) is 0. The molecule has 190 valence electrons. The molecule has 3 aromatic carbocycles. The lowest BCUT2D eigenvalue weighted by molar-refractivity contribution is -0.123. The number of benzene rings is 3. The van der Waals surface area contributed by atoms with Crippen LogP contribution in [-0.2, 0) is 15.1 Å². The lowest BCUT2D eigenvalue weighted by Gasteiger charge is -2.32. The summed E-state index contributed by atoms with van der Waals surface area (Å²) in [6, 6.07) is 21.6. The Hall–Kier alpha value is -4.30. The van der Waals surface area contributed by atoms with Crippen molar-refractivity contribution in [2.24, 2.45) is 17.8 Å². The molecule has 7 rings (SSSR count). The van der Waals surface area contributed by atoms with Gasteiger partial charge in [0.05, 0.1) is 41.2 Å². The van der Waals surface area contributed by atoms with Gasteiger partial charge in [0.15, 0.2) is 0 Å². The van der Waals surface area contributed by atoms with Crippen LogP contribution in [0.25, 0.3) is 16.6 Å². The number of imide groups is 1. The molecule has 8 nitrogen and oxygen atoms in total. The van der Waals surface area contributed by atoms with Crippen LogP contribution in [0.2, 0.25) is 0 Å². The smallest absolute Gasteiger partial charge is 0.266 e. The average molecular weight is 507 g/mol. The number of ether oxygens (including phenoxy) is 1. The number of fused-ring (bicyclic) bond motifs is 8. The number of rotatable bonds is 3. The summed E-state index contributed by atoms with van der Waals surface area (Å²) in [5, 5.41) is 4.21. The molecule has 4 aromatic rings. The minimum absolute atomic E-state index is 0.0321. The number of nitrogens with zero attached hydrogens (tertiary/aromatic N) is 3. The van der Waals surface area contributed by atoms with Gasteiger partial charge in [0.2, 0.25) is 11.8 Å². The molecule has 8 heteroatoms. The van der Waals surface area contributed by atoms with Gasteiger partial charge in [0.25, 0.3) is 5.56 Å². The van der Waals surface area contributed by atoms with E-state index in [4.69, 9.17) is 9.72 Å². The zero-order chi connectivity index (χ0) is 26.3. The van der Waals surface area contributed by atoms with E-state index in [9.17, 15) is 14.4 Å². The van der Waals surface area contributed by atoms with Crippen LogP contribution >= 0.6 is 0 Å². The summed E-state index contributed by atoms with van der Waals surface area (Å²) < 4.78 is 7.14. The first-order valence-electron chi connectivity index (χ1n) is 12.8. The molecule has 38 heavy (non-hydrogen) atoms. The van der Waals surface area contributed by atoms with Gasteiger partial charge >= 0.3 is 0 Å². The number of para-hydroxylation sites is 4. The fraction of sp³-hybridized carbons (Fsp3) is 0.267. The molecular formula is C30H26N4O4. The quantitative estimate of drug-likeness (QED) is 0.428. The third-order valence-corrected chi connectivity index (χ3v) is 8.34. The molecule has 0 aliphatic carbocycles. The molecule has 0 saturated carbocycles. The molecule has 1 spiro atoms.